The molecular weight excluding hydrogens is 242 g/mol. The molecule has 1 aromatic heterocycles. The molecule has 4 heteroatoms. The number of hydrogen-bond donors (Lipinski definition) is 1. The number of rotatable bonds is 3. The molecule has 2 aromatic rings. The highest BCUT2D eigenvalue weighted by atomic mass is 32.2. The van der Waals surface area contributed by atoms with Gasteiger partial charge in [0.25, 0.3) is 0 Å². The van der Waals surface area contributed by atoms with Crippen LogP contribution in [0.1, 0.15) is 12.8 Å². The second-order valence-electron chi connectivity index (χ2n) is 4.69. The van der Waals surface area contributed by atoms with Crippen LogP contribution in [0.15, 0.2) is 30.5 Å². The highest BCUT2D eigenvalue weighted by molar-refractivity contribution is 7.99. The van der Waals surface area contributed by atoms with Crippen LogP contribution < -0.4 is 5.32 Å². The zero-order valence-electron chi connectivity index (χ0n) is 10.3. The molecule has 0 bridgehead atoms. The molecule has 1 N–H and O–H groups in total. The Morgan fingerprint density at radius 2 is 2.06 bits per heavy atom. The van der Waals surface area contributed by atoms with Crippen LogP contribution in [-0.4, -0.2) is 28.0 Å². The highest BCUT2D eigenvalue weighted by Gasteiger charge is 2.13. The Balaban J connectivity index is 1.66. The lowest BCUT2D eigenvalue weighted by atomic mass is 10.0. The maximum Gasteiger partial charge on any atom is 0.223 e. The van der Waals surface area contributed by atoms with E-state index in [1.165, 1.54) is 24.3 Å². The summed E-state index contributed by atoms with van der Waals surface area (Å²) in [5.74, 6) is 4.13. The molecule has 0 atom stereocenters. The number of benzene rings is 1. The summed E-state index contributed by atoms with van der Waals surface area (Å²) in [6.07, 6.45) is 4.51. The standard InChI is InChI=1S/C14H17N3S/c1-2-4-13-12(3-1)10-16-14(17-13)15-9-11-5-7-18-8-6-11/h1-4,10-11H,5-9H2,(H,15,16,17). The lowest BCUT2D eigenvalue weighted by Gasteiger charge is -2.21. The molecule has 0 radical (unpaired) electrons. The number of hydrogen-bond acceptors (Lipinski definition) is 4. The van der Waals surface area contributed by atoms with Crippen LogP contribution in [0.3, 0.4) is 0 Å². The normalized spacial score (nSPS) is 16.9. The fourth-order valence-electron chi connectivity index (χ4n) is 2.24. The average Bonchev–Trinajstić information content (AvgIpc) is 2.46. The largest absolute Gasteiger partial charge is 0.354 e. The Morgan fingerprint density at radius 3 is 2.94 bits per heavy atom. The summed E-state index contributed by atoms with van der Waals surface area (Å²) in [5.41, 5.74) is 1.01. The quantitative estimate of drug-likeness (QED) is 0.918. The van der Waals surface area contributed by atoms with Crippen molar-refractivity contribution in [3.05, 3.63) is 30.5 Å². The maximum absolute atomic E-state index is 4.53. The topological polar surface area (TPSA) is 37.8 Å². The first-order valence-electron chi connectivity index (χ1n) is 6.45. The number of nitrogens with zero attached hydrogens (tertiary/aromatic N) is 2. The third kappa shape index (κ3) is 2.75. The molecule has 1 aliphatic rings. The van der Waals surface area contributed by atoms with Crippen molar-refractivity contribution in [2.24, 2.45) is 5.92 Å². The van der Waals surface area contributed by atoms with Gasteiger partial charge in [0.15, 0.2) is 0 Å². The number of anilines is 1. The smallest absolute Gasteiger partial charge is 0.223 e. The Kier molecular flexibility index (Phi) is 3.64. The predicted molar refractivity (Wildman–Crippen MR) is 78.1 cm³/mol. The minimum atomic E-state index is 0.756. The van der Waals surface area contributed by atoms with Gasteiger partial charge in [-0.2, -0.15) is 11.8 Å². The summed E-state index contributed by atoms with van der Waals surface area (Å²) < 4.78 is 0. The van der Waals surface area contributed by atoms with E-state index in [4.69, 9.17) is 0 Å². The summed E-state index contributed by atoms with van der Waals surface area (Å²) in [7, 11) is 0. The molecule has 3 nitrogen and oxygen atoms in total. The van der Waals surface area contributed by atoms with Crippen LogP contribution in [0, 0.1) is 5.92 Å². The Labute approximate surface area is 111 Å². The molecule has 0 spiro atoms. The van der Waals surface area contributed by atoms with Crippen LogP contribution in [0.25, 0.3) is 10.9 Å². The van der Waals surface area contributed by atoms with E-state index in [2.05, 4.69) is 27.0 Å². The Morgan fingerprint density at radius 1 is 1.22 bits per heavy atom. The first-order valence-corrected chi connectivity index (χ1v) is 7.61. The van der Waals surface area contributed by atoms with E-state index in [9.17, 15) is 0 Å². The van der Waals surface area contributed by atoms with Gasteiger partial charge in [0, 0.05) is 18.1 Å². The van der Waals surface area contributed by atoms with E-state index in [0.29, 0.717) is 0 Å². The lowest BCUT2D eigenvalue weighted by molar-refractivity contribution is 0.515. The summed E-state index contributed by atoms with van der Waals surface area (Å²) >= 11 is 2.06. The molecule has 0 aliphatic carbocycles. The fourth-order valence-corrected chi connectivity index (χ4v) is 3.45. The molecule has 3 rings (SSSR count). The molecule has 94 valence electrons. The summed E-state index contributed by atoms with van der Waals surface area (Å²) in [6, 6.07) is 8.09. The molecule has 18 heavy (non-hydrogen) atoms. The van der Waals surface area contributed by atoms with Gasteiger partial charge in [0.05, 0.1) is 5.52 Å². The third-order valence-electron chi connectivity index (χ3n) is 3.38. The van der Waals surface area contributed by atoms with Crippen LogP contribution in [-0.2, 0) is 0 Å². The number of aromatic nitrogens is 2. The van der Waals surface area contributed by atoms with E-state index >= 15 is 0 Å². The van der Waals surface area contributed by atoms with Crippen LogP contribution in [0.4, 0.5) is 5.95 Å². The van der Waals surface area contributed by atoms with E-state index < -0.39 is 0 Å². The van der Waals surface area contributed by atoms with Gasteiger partial charge in [-0.1, -0.05) is 18.2 Å². The molecule has 1 aliphatic heterocycles. The van der Waals surface area contributed by atoms with Gasteiger partial charge in [-0.15, -0.1) is 0 Å². The van der Waals surface area contributed by atoms with Crippen LogP contribution in [0.2, 0.25) is 0 Å². The molecule has 2 heterocycles. The van der Waals surface area contributed by atoms with Gasteiger partial charge < -0.3 is 5.32 Å². The second kappa shape index (κ2) is 5.57. The number of fused-ring (bicyclic) bond motifs is 1. The molecule has 1 aromatic carbocycles. The lowest BCUT2D eigenvalue weighted by Crippen LogP contribution is -2.20. The van der Waals surface area contributed by atoms with Gasteiger partial charge >= 0.3 is 0 Å². The van der Waals surface area contributed by atoms with Crippen molar-refractivity contribution in [3.63, 3.8) is 0 Å². The molecule has 1 saturated heterocycles. The number of nitrogens with one attached hydrogen (secondary N) is 1. The molecule has 0 saturated carbocycles. The van der Waals surface area contributed by atoms with E-state index in [-0.39, 0.29) is 0 Å². The third-order valence-corrected chi connectivity index (χ3v) is 4.43. The van der Waals surface area contributed by atoms with Crippen molar-refractivity contribution in [2.45, 2.75) is 12.8 Å². The van der Waals surface area contributed by atoms with Crippen LogP contribution in [0.5, 0.6) is 0 Å². The van der Waals surface area contributed by atoms with Gasteiger partial charge in [-0.05, 0) is 36.3 Å². The maximum atomic E-state index is 4.53. The second-order valence-corrected chi connectivity index (χ2v) is 5.91. The summed E-state index contributed by atoms with van der Waals surface area (Å²) in [4.78, 5) is 8.90. The minimum absolute atomic E-state index is 0.756. The molecule has 1 fully saturated rings. The Bertz CT molecular complexity index is 523. The van der Waals surface area contributed by atoms with Crippen molar-refractivity contribution < 1.29 is 0 Å². The van der Waals surface area contributed by atoms with Crippen molar-refractivity contribution in [1.82, 2.24) is 9.97 Å². The summed E-state index contributed by atoms with van der Waals surface area (Å²) in [5, 5.41) is 4.47. The zero-order valence-corrected chi connectivity index (χ0v) is 11.1. The van der Waals surface area contributed by atoms with Crippen molar-refractivity contribution >= 4 is 28.6 Å². The van der Waals surface area contributed by atoms with Gasteiger partial charge in [-0.25, -0.2) is 9.97 Å². The monoisotopic (exact) mass is 259 g/mol. The zero-order chi connectivity index (χ0) is 12.2. The van der Waals surface area contributed by atoms with Crippen molar-refractivity contribution in [2.75, 3.05) is 23.4 Å². The van der Waals surface area contributed by atoms with Gasteiger partial charge in [0.1, 0.15) is 0 Å². The number of thioether (sulfide) groups is 1. The molecule has 0 amide bonds. The van der Waals surface area contributed by atoms with E-state index in [0.717, 1.165) is 29.3 Å². The van der Waals surface area contributed by atoms with Crippen molar-refractivity contribution in [1.29, 1.82) is 0 Å². The number of para-hydroxylation sites is 1. The van der Waals surface area contributed by atoms with E-state index in [1.54, 1.807) is 0 Å². The Hall–Kier alpha value is -1.29. The molecule has 0 unspecified atom stereocenters. The molecular formula is C14H17N3S. The first-order chi connectivity index (χ1) is 8.92. The fraction of sp³-hybridized carbons (Fsp3) is 0.429. The van der Waals surface area contributed by atoms with Gasteiger partial charge in [0.2, 0.25) is 5.95 Å². The predicted octanol–water partition coefficient (Wildman–Crippen LogP) is 3.18. The van der Waals surface area contributed by atoms with Crippen LogP contribution >= 0.6 is 11.8 Å². The highest BCUT2D eigenvalue weighted by Crippen LogP contribution is 2.22. The van der Waals surface area contributed by atoms with E-state index in [1.807, 2.05) is 30.5 Å². The van der Waals surface area contributed by atoms with Crippen molar-refractivity contribution in [3.8, 4) is 0 Å². The average molecular weight is 259 g/mol. The first kappa shape index (κ1) is 11.8. The SMILES string of the molecule is c1ccc2nc(NCC3CCSCC3)ncc2c1. The van der Waals surface area contributed by atoms with Gasteiger partial charge in [-0.3, -0.25) is 0 Å². The summed E-state index contributed by atoms with van der Waals surface area (Å²) in [6.45, 7) is 0.999. The minimum Gasteiger partial charge on any atom is -0.354 e.